The Labute approximate surface area is 496 Å². The number of fused-ring (bicyclic) bond motifs is 2. The molecule has 2 fully saturated rings. The van der Waals surface area contributed by atoms with E-state index < -0.39 is 11.9 Å². The summed E-state index contributed by atoms with van der Waals surface area (Å²) in [6, 6.07) is 51.2. The largest absolute Gasteiger partial charge is 0.492 e. The van der Waals surface area contributed by atoms with Gasteiger partial charge in [0.25, 0.3) is 0 Å². The van der Waals surface area contributed by atoms with Crippen molar-refractivity contribution in [3.05, 3.63) is 202 Å². The minimum Gasteiger partial charge on any atom is -0.492 e. The van der Waals surface area contributed by atoms with Crippen molar-refractivity contribution >= 4 is 80.5 Å². The Bertz CT molecular complexity index is 3670. The van der Waals surface area contributed by atoms with Gasteiger partial charge < -0.3 is 29.6 Å². The Morgan fingerprint density at radius 3 is 1.24 bits per heavy atom. The van der Waals surface area contributed by atoms with Gasteiger partial charge in [-0.2, -0.15) is 0 Å². The summed E-state index contributed by atoms with van der Waals surface area (Å²) in [6.45, 7) is 11.9. The second kappa shape index (κ2) is 26.9. The highest BCUT2D eigenvalue weighted by Gasteiger charge is 2.18. The van der Waals surface area contributed by atoms with Crippen molar-refractivity contribution in [3.8, 4) is 45.3 Å². The standard InChI is InChI=1S/2C33H30ClN5O3/c2*1-22-19-24(28-21-27(13-14-29(28)34)42-32(40)23-7-3-2-4-8-23)20-30-31(22)36-33(38-37-30)35-25-9-11-26(12-10-25)41-18-17-39-15-5-6-16-39/h2*2-4,7-14,19-21H,5-6,15-18H2,1H3,(H,35,36,38). The van der Waals surface area contributed by atoms with Crippen molar-refractivity contribution in [1.29, 1.82) is 0 Å². The van der Waals surface area contributed by atoms with Gasteiger partial charge in [0.2, 0.25) is 11.9 Å². The SMILES string of the molecule is Cc1cc(-c2cc(OC(=O)c3ccccc3)ccc2Cl)cc2nnc(Nc3ccc(OCCN4CCCC4)cc3)nc12.Cc1cc(-c2cc(OC(=O)c3ccccc3)ccc2Cl)cc2nnc(Nc3ccc(OCCN4CCCC4)cc3)nc12. The lowest BCUT2D eigenvalue weighted by molar-refractivity contribution is 0.0725. The molecule has 2 aromatic heterocycles. The molecular formula is C66H60Cl2N10O6. The number of hydrogen-bond acceptors (Lipinski definition) is 16. The van der Waals surface area contributed by atoms with Crippen LogP contribution in [0.3, 0.4) is 0 Å². The quantitative estimate of drug-likeness (QED) is 0.0611. The predicted molar refractivity (Wildman–Crippen MR) is 330 cm³/mol. The maximum absolute atomic E-state index is 12.5. The summed E-state index contributed by atoms with van der Waals surface area (Å²) < 4.78 is 23.0. The molecule has 2 N–H and O–H groups in total. The molecule has 0 spiro atoms. The molecule has 0 saturated carbocycles. The van der Waals surface area contributed by atoms with Gasteiger partial charge in [-0.05, 0) is 221 Å². The molecule has 0 bridgehead atoms. The van der Waals surface area contributed by atoms with Gasteiger partial charge in [-0.1, -0.05) is 59.6 Å². The van der Waals surface area contributed by atoms with E-state index in [9.17, 15) is 9.59 Å². The fourth-order valence-electron chi connectivity index (χ4n) is 10.0. The normalized spacial score (nSPS) is 13.3. The van der Waals surface area contributed by atoms with Crippen molar-refractivity contribution in [2.24, 2.45) is 0 Å². The molecule has 0 radical (unpaired) electrons. The van der Waals surface area contributed by atoms with Gasteiger partial charge >= 0.3 is 11.9 Å². The molecule has 2 saturated heterocycles. The van der Waals surface area contributed by atoms with E-state index in [0.717, 1.165) is 69.3 Å². The lowest BCUT2D eigenvalue weighted by Gasteiger charge is -2.15. The summed E-state index contributed by atoms with van der Waals surface area (Å²) in [5.41, 5.74) is 10.2. The first-order valence-corrected chi connectivity index (χ1v) is 28.7. The molecule has 0 unspecified atom stereocenters. The zero-order chi connectivity index (χ0) is 57.8. The van der Waals surface area contributed by atoms with Gasteiger partial charge in [-0.15, -0.1) is 20.4 Å². The first-order chi connectivity index (χ1) is 41.0. The molecule has 18 heteroatoms. The number of likely N-dealkylation sites (tertiary alicyclic amines) is 2. The van der Waals surface area contributed by atoms with Gasteiger partial charge in [0.05, 0.1) is 22.2 Å². The molecule has 12 rings (SSSR count). The van der Waals surface area contributed by atoms with Crippen molar-refractivity contribution in [3.63, 3.8) is 0 Å². The number of ether oxygens (including phenoxy) is 4. The fourth-order valence-corrected chi connectivity index (χ4v) is 10.5. The van der Waals surface area contributed by atoms with Crippen molar-refractivity contribution < 1.29 is 28.5 Å². The van der Waals surface area contributed by atoms with E-state index in [1.165, 1.54) is 51.9 Å². The molecule has 2 aliphatic heterocycles. The Balaban J connectivity index is 0.000000175. The fraction of sp³-hybridized carbons (Fsp3) is 0.212. The number of hydrogen-bond donors (Lipinski definition) is 2. The molecule has 4 heterocycles. The van der Waals surface area contributed by atoms with Crippen LogP contribution in [-0.4, -0.2) is 105 Å². The van der Waals surface area contributed by atoms with Gasteiger partial charge in [0.15, 0.2) is 0 Å². The first-order valence-electron chi connectivity index (χ1n) is 27.9. The molecule has 424 valence electrons. The van der Waals surface area contributed by atoms with Crippen LogP contribution in [0.2, 0.25) is 10.0 Å². The lowest BCUT2D eigenvalue weighted by atomic mass is 10.0. The lowest BCUT2D eigenvalue weighted by Crippen LogP contribution is -2.25. The third-order valence-electron chi connectivity index (χ3n) is 14.4. The van der Waals surface area contributed by atoms with Crippen LogP contribution in [0.15, 0.2) is 170 Å². The molecule has 0 aliphatic carbocycles. The molecule has 0 amide bonds. The summed E-state index contributed by atoms with van der Waals surface area (Å²) in [5, 5.41) is 25.0. The number of rotatable bonds is 18. The predicted octanol–water partition coefficient (Wildman–Crippen LogP) is 14.2. The monoisotopic (exact) mass is 1160 g/mol. The molecular weight excluding hydrogens is 1100 g/mol. The minimum absolute atomic E-state index is 0.396. The summed E-state index contributed by atoms with van der Waals surface area (Å²) in [4.78, 5) is 39.4. The van der Waals surface area contributed by atoms with Crippen LogP contribution in [-0.2, 0) is 0 Å². The molecule has 8 aromatic carbocycles. The number of carbonyl (C=O) groups excluding carboxylic acids is 2. The van der Waals surface area contributed by atoms with Crippen LogP contribution in [0.1, 0.15) is 57.5 Å². The van der Waals surface area contributed by atoms with Crippen molar-refractivity contribution in [2.75, 3.05) is 63.1 Å². The van der Waals surface area contributed by atoms with E-state index >= 15 is 0 Å². The number of carbonyl (C=O) groups is 2. The van der Waals surface area contributed by atoms with Crippen molar-refractivity contribution in [1.82, 2.24) is 40.2 Å². The van der Waals surface area contributed by atoms with Gasteiger partial charge in [-0.3, -0.25) is 9.80 Å². The number of aryl methyl sites for hydroxylation is 2. The van der Waals surface area contributed by atoms with Crippen LogP contribution in [0.25, 0.3) is 44.3 Å². The topological polar surface area (TPSA) is 179 Å². The zero-order valence-corrected chi connectivity index (χ0v) is 47.9. The Morgan fingerprint density at radius 1 is 0.464 bits per heavy atom. The molecule has 10 aromatic rings. The number of nitrogens with one attached hydrogen (secondary N) is 2. The van der Waals surface area contributed by atoms with Crippen molar-refractivity contribution in [2.45, 2.75) is 39.5 Å². The smallest absolute Gasteiger partial charge is 0.343 e. The Morgan fingerprint density at radius 2 is 0.845 bits per heavy atom. The highest BCUT2D eigenvalue weighted by atomic mass is 35.5. The van der Waals surface area contributed by atoms with E-state index in [4.69, 9.17) is 52.1 Å². The molecule has 84 heavy (non-hydrogen) atoms. The first kappa shape index (κ1) is 56.8. The van der Waals surface area contributed by atoms with E-state index in [1.807, 2.05) is 98.8 Å². The third kappa shape index (κ3) is 14.6. The summed E-state index contributed by atoms with van der Waals surface area (Å²) in [5.74, 6) is 2.38. The van der Waals surface area contributed by atoms with Crippen LogP contribution >= 0.6 is 23.2 Å². The molecule has 16 nitrogen and oxygen atoms in total. The minimum atomic E-state index is -0.437. The number of nitrogens with zero attached hydrogens (tertiary/aromatic N) is 8. The van der Waals surface area contributed by atoms with Gasteiger partial charge in [0.1, 0.15) is 47.2 Å². The van der Waals surface area contributed by atoms with Gasteiger partial charge in [-0.25, -0.2) is 19.6 Å². The number of aromatic nitrogens is 6. The summed E-state index contributed by atoms with van der Waals surface area (Å²) in [6.07, 6.45) is 5.12. The van der Waals surface area contributed by atoms with Crippen LogP contribution in [0, 0.1) is 13.8 Å². The van der Waals surface area contributed by atoms with Crippen LogP contribution < -0.4 is 29.6 Å². The Kier molecular flexibility index (Phi) is 18.2. The average Bonchev–Trinajstić information content (AvgIpc) is 4.34. The highest BCUT2D eigenvalue weighted by Crippen LogP contribution is 2.36. The summed E-state index contributed by atoms with van der Waals surface area (Å²) >= 11 is 13.1. The number of halogens is 2. The van der Waals surface area contributed by atoms with E-state index in [2.05, 4.69) is 40.8 Å². The Hall–Kier alpha value is -9.06. The third-order valence-corrected chi connectivity index (χ3v) is 15.1. The molecule has 0 atom stereocenters. The number of anilines is 4. The second-order valence-corrected chi connectivity index (χ2v) is 21.3. The maximum atomic E-state index is 12.5. The second-order valence-electron chi connectivity index (χ2n) is 20.5. The van der Waals surface area contributed by atoms with Crippen LogP contribution in [0.5, 0.6) is 23.0 Å². The highest BCUT2D eigenvalue weighted by molar-refractivity contribution is 6.34. The van der Waals surface area contributed by atoms with E-state index in [0.29, 0.717) is 79.9 Å². The van der Waals surface area contributed by atoms with E-state index in [1.54, 1.807) is 84.9 Å². The number of esters is 2. The molecule has 2 aliphatic rings. The zero-order valence-electron chi connectivity index (χ0n) is 46.4. The van der Waals surface area contributed by atoms with Gasteiger partial charge in [0, 0.05) is 45.6 Å². The maximum Gasteiger partial charge on any atom is 0.343 e. The average molecular weight is 1160 g/mol. The van der Waals surface area contributed by atoms with E-state index in [-0.39, 0.29) is 0 Å². The number of benzene rings is 8. The summed E-state index contributed by atoms with van der Waals surface area (Å²) in [7, 11) is 0. The van der Waals surface area contributed by atoms with Crippen LogP contribution in [0.4, 0.5) is 23.3 Å².